The van der Waals surface area contributed by atoms with Crippen molar-refractivity contribution in [1.82, 2.24) is 14.8 Å². The van der Waals surface area contributed by atoms with Gasteiger partial charge in [0.2, 0.25) is 0 Å². The van der Waals surface area contributed by atoms with E-state index >= 15 is 0 Å². The Labute approximate surface area is 218 Å². The molecule has 0 atom stereocenters. The maximum Gasteiger partial charge on any atom is 0.199 e. The molecule has 2 aromatic carbocycles. The largest absolute Gasteiger partial charge is 0.494 e. The number of aromatic hydroxyl groups is 1. The first kappa shape index (κ1) is 25.8. The van der Waals surface area contributed by atoms with Gasteiger partial charge in [-0.25, -0.2) is 4.99 Å². The zero-order valence-electron chi connectivity index (χ0n) is 18.1. The lowest BCUT2D eigenvalue weighted by atomic mass is 10.0. The number of halogens is 3. The lowest BCUT2D eigenvalue weighted by molar-refractivity contribution is 0.0864. The predicted molar refractivity (Wildman–Crippen MR) is 146 cm³/mol. The summed E-state index contributed by atoms with van der Waals surface area (Å²) in [5, 5.41) is 16.1. The Kier molecular flexibility index (Phi) is 8.63. The standard InChI is InChI=1S/C23H24IN5O2.2ClH/c1-28-8-10-29(11-9-28)12-13-31-27-21-16-4-2-3-5-18(16)25-22(21)20-17-14-15(24)6-7-19(17)26-23(20)30;;/h2-7,14,26,30H,8-13H2,1H3;2*1H. The minimum absolute atomic E-state index is 0. The summed E-state index contributed by atoms with van der Waals surface area (Å²) in [6.45, 7) is 5.62. The van der Waals surface area contributed by atoms with E-state index in [9.17, 15) is 5.11 Å². The number of aromatic nitrogens is 1. The van der Waals surface area contributed by atoms with E-state index in [4.69, 9.17) is 9.83 Å². The van der Waals surface area contributed by atoms with Crippen LogP contribution in [0.3, 0.4) is 0 Å². The highest BCUT2D eigenvalue weighted by Gasteiger charge is 2.29. The van der Waals surface area contributed by atoms with Crippen LogP contribution in [0.25, 0.3) is 10.9 Å². The van der Waals surface area contributed by atoms with Gasteiger partial charge in [-0.3, -0.25) is 4.90 Å². The van der Waals surface area contributed by atoms with Crippen LogP contribution >= 0.6 is 47.4 Å². The van der Waals surface area contributed by atoms with Crippen molar-refractivity contribution in [2.24, 2.45) is 10.1 Å². The van der Waals surface area contributed by atoms with Gasteiger partial charge in [0.05, 0.1) is 11.3 Å². The monoisotopic (exact) mass is 601 g/mol. The molecule has 2 aliphatic rings. The number of benzene rings is 2. The third-order valence-corrected chi connectivity index (χ3v) is 6.51. The number of hydrogen-bond donors (Lipinski definition) is 2. The lowest BCUT2D eigenvalue weighted by Crippen LogP contribution is -2.45. The van der Waals surface area contributed by atoms with Crippen molar-refractivity contribution in [3.8, 4) is 5.88 Å². The number of hydrogen-bond acceptors (Lipinski definition) is 6. The third kappa shape index (κ3) is 5.30. The Hall–Kier alpha value is -1.85. The maximum atomic E-state index is 10.7. The molecule has 0 bridgehead atoms. The predicted octanol–water partition coefficient (Wildman–Crippen LogP) is 4.42. The van der Waals surface area contributed by atoms with Crippen LogP contribution in [0.15, 0.2) is 52.6 Å². The van der Waals surface area contributed by atoms with E-state index in [-0.39, 0.29) is 30.7 Å². The van der Waals surface area contributed by atoms with E-state index in [1.54, 1.807) is 0 Å². The molecule has 176 valence electrons. The Balaban J connectivity index is 0.00000153. The number of nitrogens with zero attached hydrogens (tertiary/aromatic N) is 4. The second kappa shape index (κ2) is 11.1. The minimum Gasteiger partial charge on any atom is -0.494 e. The Bertz CT molecular complexity index is 1190. The summed E-state index contributed by atoms with van der Waals surface area (Å²) in [6.07, 6.45) is 0. The van der Waals surface area contributed by atoms with Gasteiger partial charge < -0.3 is 19.8 Å². The first-order valence-corrected chi connectivity index (χ1v) is 11.5. The highest BCUT2D eigenvalue weighted by Crippen LogP contribution is 2.36. The van der Waals surface area contributed by atoms with Crippen LogP contribution in [0.2, 0.25) is 0 Å². The van der Waals surface area contributed by atoms with Crippen molar-refractivity contribution >= 4 is 75.4 Å². The molecule has 0 unspecified atom stereocenters. The highest BCUT2D eigenvalue weighted by atomic mass is 127. The number of rotatable bonds is 5. The van der Waals surface area contributed by atoms with Crippen molar-refractivity contribution in [3.05, 3.63) is 57.2 Å². The summed E-state index contributed by atoms with van der Waals surface area (Å²) in [4.78, 5) is 18.4. The van der Waals surface area contributed by atoms with E-state index in [0.29, 0.717) is 23.6 Å². The zero-order chi connectivity index (χ0) is 21.4. The molecule has 2 N–H and O–H groups in total. The van der Waals surface area contributed by atoms with Crippen molar-refractivity contribution in [3.63, 3.8) is 0 Å². The summed E-state index contributed by atoms with van der Waals surface area (Å²) < 4.78 is 1.09. The molecule has 1 aromatic heterocycles. The molecule has 0 radical (unpaired) electrons. The van der Waals surface area contributed by atoms with Crippen molar-refractivity contribution in [2.45, 2.75) is 0 Å². The first-order valence-electron chi connectivity index (χ1n) is 10.4. The fourth-order valence-electron chi connectivity index (χ4n) is 4.08. The Morgan fingerprint density at radius 2 is 1.88 bits per heavy atom. The maximum absolute atomic E-state index is 10.7. The van der Waals surface area contributed by atoms with E-state index in [0.717, 1.165) is 58.4 Å². The van der Waals surface area contributed by atoms with Gasteiger partial charge in [0, 0.05) is 52.8 Å². The van der Waals surface area contributed by atoms with Crippen molar-refractivity contribution in [2.75, 3.05) is 46.4 Å². The van der Waals surface area contributed by atoms with Crippen LogP contribution < -0.4 is 0 Å². The van der Waals surface area contributed by atoms with Crippen molar-refractivity contribution in [1.29, 1.82) is 0 Å². The number of aliphatic imine (C=N–C) groups is 1. The van der Waals surface area contributed by atoms with Crippen LogP contribution in [0, 0.1) is 3.57 Å². The van der Waals surface area contributed by atoms with Crippen LogP contribution in [0.1, 0.15) is 11.1 Å². The lowest BCUT2D eigenvalue weighted by Gasteiger charge is -2.31. The third-order valence-electron chi connectivity index (χ3n) is 5.84. The molecule has 3 aromatic rings. The highest BCUT2D eigenvalue weighted by molar-refractivity contribution is 14.1. The summed E-state index contributed by atoms with van der Waals surface area (Å²) in [5.74, 6) is 0.0914. The van der Waals surface area contributed by atoms with Crippen molar-refractivity contribution < 1.29 is 9.94 Å². The minimum atomic E-state index is 0. The van der Waals surface area contributed by atoms with Gasteiger partial charge >= 0.3 is 0 Å². The molecule has 0 amide bonds. The van der Waals surface area contributed by atoms with Crippen LogP contribution in [-0.2, 0) is 4.84 Å². The van der Waals surface area contributed by atoms with Gasteiger partial charge in [-0.1, -0.05) is 23.4 Å². The Morgan fingerprint density at radius 1 is 1.12 bits per heavy atom. The number of nitrogens with one attached hydrogen (secondary N) is 1. The second-order valence-electron chi connectivity index (χ2n) is 7.93. The number of para-hydroxylation sites is 1. The van der Waals surface area contributed by atoms with Gasteiger partial charge in [0.15, 0.2) is 5.88 Å². The molecule has 0 aliphatic carbocycles. The van der Waals surface area contributed by atoms with Gasteiger partial charge in [-0.05, 0) is 53.9 Å². The van der Waals surface area contributed by atoms with Gasteiger partial charge in [-0.15, -0.1) is 24.8 Å². The molecular weight excluding hydrogens is 576 g/mol. The molecule has 2 aliphatic heterocycles. The number of likely N-dealkylation sites (N-methyl/N-ethyl adjacent to an activating group) is 1. The average molecular weight is 602 g/mol. The summed E-state index contributed by atoms with van der Waals surface area (Å²) in [7, 11) is 2.15. The SMILES string of the molecule is CN1CCN(CCON=C2C(c3c(O)[nH]c4ccc(I)cc34)=Nc3ccccc32)CC1.Cl.Cl. The summed E-state index contributed by atoms with van der Waals surface area (Å²) in [5.41, 5.74) is 4.55. The first-order chi connectivity index (χ1) is 15.1. The fourth-order valence-corrected chi connectivity index (χ4v) is 4.57. The number of fused-ring (bicyclic) bond motifs is 2. The summed E-state index contributed by atoms with van der Waals surface area (Å²) >= 11 is 2.27. The molecular formula is C23H26Cl2IN5O2. The van der Waals surface area contributed by atoms with Gasteiger partial charge in [0.25, 0.3) is 0 Å². The Morgan fingerprint density at radius 3 is 2.67 bits per heavy atom. The molecule has 7 nitrogen and oxygen atoms in total. The average Bonchev–Trinajstić information content (AvgIpc) is 3.28. The normalized spacial score (nSPS) is 17.4. The van der Waals surface area contributed by atoms with E-state index in [1.165, 1.54) is 0 Å². The molecule has 1 fully saturated rings. The molecule has 0 spiro atoms. The van der Waals surface area contributed by atoms with E-state index < -0.39 is 0 Å². The topological polar surface area (TPSA) is 76.5 Å². The molecule has 3 heterocycles. The smallest absolute Gasteiger partial charge is 0.199 e. The molecule has 0 saturated carbocycles. The van der Waals surface area contributed by atoms with Crippen LogP contribution in [0.5, 0.6) is 5.88 Å². The zero-order valence-corrected chi connectivity index (χ0v) is 21.9. The number of aromatic amines is 1. The second-order valence-corrected chi connectivity index (χ2v) is 9.18. The molecule has 10 heteroatoms. The van der Waals surface area contributed by atoms with Gasteiger partial charge in [0.1, 0.15) is 18.0 Å². The van der Waals surface area contributed by atoms with E-state index in [1.807, 2.05) is 42.5 Å². The van der Waals surface area contributed by atoms with Gasteiger partial charge in [-0.2, -0.15) is 0 Å². The number of piperazine rings is 1. The number of oxime groups is 1. The molecule has 1 saturated heterocycles. The fraction of sp³-hybridized carbons (Fsp3) is 0.304. The van der Waals surface area contributed by atoms with Crippen LogP contribution in [0.4, 0.5) is 5.69 Å². The molecule has 5 rings (SSSR count). The number of H-pyrrole nitrogens is 1. The summed E-state index contributed by atoms with van der Waals surface area (Å²) in [6, 6.07) is 13.9. The van der Waals surface area contributed by atoms with Crippen LogP contribution in [-0.4, -0.2) is 77.7 Å². The quantitative estimate of drug-likeness (QED) is 0.258. The van der Waals surface area contributed by atoms with E-state index in [2.05, 4.69) is 49.6 Å². The molecule has 33 heavy (non-hydrogen) atoms.